The Morgan fingerprint density at radius 1 is 1.36 bits per heavy atom. The zero-order valence-electron chi connectivity index (χ0n) is 8.40. The van der Waals surface area contributed by atoms with E-state index in [2.05, 4.69) is 17.9 Å². The lowest BCUT2D eigenvalue weighted by Crippen LogP contribution is -2.23. The maximum absolute atomic E-state index is 8.51. The van der Waals surface area contributed by atoms with Crippen molar-refractivity contribution < 1.29 is 0 Å². The van der Waals surface area contributed by atoms with Crippen molar-refractivity contribution in [3.05, 3.63) is 24.3 Å². The molecule has 0 unspecified atom stereocenters. The van der Waals surface area contributed by atoms with E-state index >= 15 is 0 Å². The largest absolute Gasteiger partial charge is 0.399 e. The second-order valence-electron chi connectivity index (χ2n) is 3.08. The molecule has 0 heterocycles. The van der Waals surface area contributed by atoms with Crippen LogP contribution in [-0.4, -0.2) is 13.1 Å². The van der Waals surface area contributed by atoms with Gasteiger partial charge in [0.1, 0.15) is 0 Å². The van der Waals surface area contributed by atoms with Crippen LogP contribution in [-0.2, 0) is 0 Å². The monoisotopic (exact) mass is 189 g/mol. The molecule has 0 aliphatic carbocycles. The molecule has 1 aromatic rings. The van der Waals surface area contributed by atoms with E-state index in [1.54, 1.807) is 0 Å². The fraction of sp³-hybridized carbons (Fsp3) is 0.364. The van der Waals surface area contributed by atoms with Crippen LogP contribution in [0.4, 0.5) is 11.4 Å². The molecule has 1 aromatic carbocycles. The predicted molar refractivity (Wildman–Crippen MR) is 59.0 cm³/mol. The highest BCUT2D eigenvalue weighted by Gasteiger charge is 2.02. The van der Waals surface area contributed by atoms with Crippen molar-refractivity contribution in [3.63, 3.8) is 0 Å². The van der Waals surface area contributed by atoms with Gasteiger partial charge in [0.2, 0.25) is 0 Å². The maximum atomic E-state index is 8.51. The normalized spacial score (nSPS) is 9.43. The van der Waals surface area contributed by atoms with Gasteiger partial charge in [-0.05, 0) is 31.2 Å². The van der Waals surface area contributed by atoms with Crippen LogP contribution < -0.4 is 10.6 Å². The molecule has 0 saturated heterocycles. The van der Waals surface area contributed by atoms with E-state index in [1.165, 1.54) is 0 Å². The molecule has 0 amide bonds. The number of benzene rings is 1. The third-order valence-corrected chi connectivity index (χ3v) is 2.13. The van der Waals surface area contributed by atoms with Crippen LogP contribution in [0, 0.1) is 11.3 Å². The standard InChI is InChI=1S/C11H15N3/c1-2-14(9-3-8-12)11-6-4-10(13)5-7-11/h4-7H,2-3,9,13H2,1H3. The van der Waals surface area contributed by atoms with Crippen LogP contribution in [0.25, 0.3) is 0 Å². The molecular formula is C11H15N3. The number of hydrogen-bond donors (Lipinski definition) is 1. The summed E-state index contributed by atoms with van der Waals surface area (Å²) < 4.78 is 0. The molecule has 0 atom stereocenters. The molecule has 0 fully saturated rings. The van der Waals surface area contributed by atoms with Crippen molar-refractivity contribution in [2.75, 3.05) is 23.7 Å². The average Bonchev–Trinajstić information content (AvgIpc) is 2.21. The predicted octanol–water partition coefficient (Wildman–Crippen LogP) is 2.01. The first-order chi connectivity index (χ1) is 6.77. The molecular weight excluding hydrogens is 174 g/mol. The summed E-state index contributed by atoms with van der Waals surface area (Å²) >= 11 is 0. The van der Waals surface area contributed by atoms with Crippen molar-refractivity contribution in [1.82, 2.24) is 0 Å². The average molecular weight is 189 g/mol. The Morgan fingerprint density at radius 2 is 2.00 bits per heavy atom. The number of nitrogens with two attached hydrogens (primary N) is 1. The first kappa shape index (κ1) is 10.4. The van der Waals surface area contributed by atoms with Gasteiger partial charge in [0, 0.05) is 24.5 Å². The summed E-state index contributed by atoms with van der Waals surface area (Å²) in [6.07, 6.45) is 0.554. The van der Waals surface area contributed by atoms with E-state index in [0.29, 0.717) is 6.42 Å². The Balaban J connectivity index is 2.69. The molecule has 0 saturated carbocycles. The van der Waals surface area contributed by atoms with Crippen LogP contribution in [0.2, 0.25) is 0 Å². The fourth-order valence-electron chi connectivity index (χ4n) is 1.34. The highest BCUT2D eigenvalue weighted by Crippen LogP contribution is 2.15. The van der Waals surface area contributed by atoms with Crippen molar-refractivity contribution in [1.29, 1.82) is 5.26 Å². The molecule has 74 valence electrons. The molecule has 3 nitrogen and oxygen atoms in total. The number of rotatable bonds is 4. The molecule has 0 radical (unpaired) electrons. The number of anilines is 2. The Morgan fingerprint density at radius 3 is 2.50 bits per heavy atom. The third kappa shape index (κ3) is 2.67. The van der Waals surface area contributed by atoms with Crippen molar-refractivity contribution in [3.8, 4) is 6.07 Å². The molecule has 0 bridgehead atoms. The Labute approximate surface area is 84.7 Å². The first-order valence-electron chi connectivity index (χ1n) is 4.75. The summed E-state index contributed by atoms with van der Waals surface area (Å²) in [4.78, 5) is 2.16. The number of nitrogens with zero attached hydrogens (tertiary/aromatic N) is 2. The van der Waals surface area contributed by atoms with Crippen LogP contribution in [0.1, 0.15) is 13.3 Å². The molecule has 2 N–H and O–H groups in total. The Kier molecular flexibility index (Phi) is 3.81. The minimum atomic E-state index is 0.554. The summed E-state index contributed by atoms with van der Waals surface area (Å²) in [5, 5.41) is 8.51. The summed E-state index contributed by atoms with van der Waals surface area (Å²) in [5.74, 6) is 0. The van der Waals surface area contributed by atoms with Gasteiger partial charge in [0.15, 0.2) is 0 Å². The molecule has 0 aromatic heterocycles. The van der Waals surface area contributed by atoms with Crippen molar-refractivity contribution in [2.45, 2.75) is 13.3 Å². The zero-order chi connectivity index (χ0) is 10.4. The van der Waals surface area contributed by atoms with Crippen LogP contribution in [0.5, 0.6) is 0 Å². The van der Waals surface area contributed by atoms with E-state index in [1.807, 2.05) is 24.3 Å². The molecule has 3 heteroatoms. The third-order valence-electron chi connectivity index (χ3n) is 2.13. The van der Waals surface area contributed by atoms with Gasteiger partial charge >= 0.3 is 0 Å². The van der Waals surface area contributed by atoms with E-state index < -0.39 is 0 Å². The SMILES string of the molecule is CCN(CCC#N)c1ccc(N)cc1. The molecule has 0 aliphatic heterocycles. The summed E-state index contributed by atoms with van der Waals surface area (Å²) in [5.41, 5.74) is 7.49. The van der Waals surface area contributed by atoms with Crippen LogP contribution in [0.3, 0.4) is 0 Å². The van der Waals surface area contributed by atoms with E-state index in [-0.39, 0.29) is 0 Å². The second kappa shape index (κ2) is 5.13. The quantitative estimate of drug-likeness (QED) is 0.737. The lowest BCUT2D eigenvalue weighted by atomic mass is 10.2. The van der Waals surface area contributed by atoms with Crippen LogP contribution in [0.15, 0.2) is 24.3 Å². The molecule has 14 heavy (non-hydrogen) atoms. The van der Waals surface area contributed by atoms with E-state index in [9.17, 15) is 0 Å². The maximum Gasteiger partial charge on any atom is 0.0640 e. The second-order valence-corrected chi connectivity index (χ2v) is 3.08. The molecule has 1 rings (SSSR count). The minimum absolute atomic E-state index is 0.554. The van der Waals surface area contributed by atoms with E-state index in [0.717, 1.165) is 24.5 Å². The molecule has 0 aliphatic rings. The van der Waals surface area contributed by atoms with Gasteiger partial charge in [-0.15, -0.1) is 0 Å². The van der Waals surface area contributed by atoms with Gasteiger partial charge in [-0.2, -0.15) is 5.26 Å². The van der Waals surface area contributed by atoms with Gasteiger partial charge < -0.3 is 10.6 Å². The zero-order valence-corrected chi connectivity index (χ0v) is 8.40. The summed E-state index contributed by atoms with van der Waals surface area (Å²) in [6.45, 7) is 3.76. The van der Waals surface area contributed by atoms with Crippen molar-refractivity contribution in [2.24, 2.45) is 0 Å². The Hall–Kier alpha value is -1.69. The van der Waals surface area contributed by atoms with E-state index in [4.69, 9.17) is 11.0 Å². The fourth-order valence-corrected chi connectivity index (χ4v) is 1.34. The lowest BCUT2D eigenvalue weighted by Gasteiger charge is -2.21. The van der Waals surface area contributed by atoms with Gasteiger partial charge in [-0.25, -0.2) is 0 Å². The summed E-state index contributed by atoms with van der Waals surface area (Å²) in [7, 11) is 0. The number of nitriles is 1. The number of nitrogen functional groups attached to an aromatic ring is 1. The highest BCUT2D eigenvalue weighted by molar-refractivity contribution is 5.53. The first-order valence-corrected chi connectivity index (χ1v) is 4.75. The van der Waals surface area contributed by atoms with Gasteiger partial charge in [-0.3, -0.25) is 0 Å². The van der Waals surface area contributed by atoms with Gasteiger partial charge in [-0.1, -0.05) is 0 Å². The smallest absolute Gasteiger partial charge is 0.0640 e. The summed E-state index contributed by atoms with van der Waals surface area (Å²) in [6, 6.07) is 9.87. The highest BCUT2D eigenvalue weighted by atomic mass is 15.1. The number of hydrogen-bond acceptors (Lipinski definition) is 3. The minimum Gasteiger partial charge on any atom is -0.399 e. The van der Waals surface area contributed by atoms with Gasteiger partial charge in [0.05, 0.1) is 12.5 Å². The van der Waals surface area contributed by atoms with Crippen LogP contribution >= 0.6 is 0 Å². The topological polar surface area (TPSA) is 53.0 Å². The van der Waals surface area contributed by atoms with Crippen molar-refractivity contribution >= 4 is 11.4 Å². The van der Waals surface area contributed by atoms with Gasteiger partial charge in [0.25, 0.3) is 0 Å². The molecule has 0 spiro atoms. The Bertz CT molecular complexity index is 310. The lowest BCUT2D eigenvalue weighted by molar-refractivity contribution is 0.827.